The second-order valence-electron chi connectivity index (χ2n) is 4.85. The van der Waals surface area contributed by atoms with Gasteiger partial charge in [-0.2, -0.15) is 0 Å². The first-order chi connectivity index (χ1) is 9.78. The third-order valence-electron chi connectivity index (χ3n) is 3.25. The van der Waals surface area contributed by atoms with Gasteiger partial charge in [-0.3, -0.25) is 0 Å². The molecule has 0 aromatic heterocycles. The predicted molar refractivity (Wildman–Crippen MR) is 76.9 cm³/mol. The highest BCUT2D eigenvalue weighted by Crippen LogP contribution is 2.23. The van der Waals surface area contributed by atoms with Crippen LogP contribution in [0.3, 0.4) is 0 Å². The molecule has 1 aliphatic carbocycles. The summed E-state index contributed by atoms with van der Waals surface area (Å²) in [6.45, 7) is -0.661. The molecule has 0 amide bonds. The van der Waals surface area contributed by atoms with E-state index in [-0.39, 0.29) is 19.3 Å². The number of ether oxygens (including phenoxy) is 3. The van der Waals surface area contributed by atoms with E-state index in [9.17, 15) is 0 Å². The fourth-order valence-electron chi connectivity index (χ4n) is 2.23. The molecular formula is C15H21ClO4. The Morgan fingerprint density at radius 3 is 2.50 bits per heavy atom. The molecule has 5 heteroatoms. The Labute approximate surface area is 124 Å². The first kappa shape index (κ1) is 15.6. The minimum atomic E-state index is -0.786. The molecule has 1 unspecified atom stereocenters. The molecule has 1 aromatic carbocycles. The van der Waals surface area contributed by atoms with Gasteiger partial charge in [0.2, 0.25) is 0 Å². The van der Waals surface area contributed by atoms with Gasteiger partial charge in [0, 0.05) is 5.02 Å². The second kappa shape index (κ2) is 8.47. The Balaban J connectivity index is 1.89. The number of aliphatic hydroxyl groups excluding tert-OH is 1. The van der Waals surface area contributed by atoms with Crippen LogP contribution in [0.25, 0.3) is 0 Å². The van der Waals surface area contributed by atoms with Crippen molar-refractivity contribution < 1.29 is 19.3 Å². The molecule has 2 rings (SSSR count). The van der Waals surface area contributed by atoms with Crippen molar-refractivity contribution in [2.45, 2.75) is 44.7 Å². The molecule has 0 radical (unpaired) electrons. The third kappa shape index (κ3) is 5.29. The summed E-state index contributed by atoms with van der Waals surface area (Å²) < 4.78 is 16.9. The second-order valence-corrected chi connectivity index (χ2v) is 5.29. The molecule has 1 saturated carbocycles. The Kier molecular flexibility index (Phi) is 6.60. The first-order valence-electron chi connectivity index (χ1n) is 7.08. The van der Waals surface area contributed by atoms with Crippen LogP contribution in [-0.4, -0.2) is 30.9 Å². The lowest BCUT2D eigenvalue weighted by molar-refractivity contribution is -0.271. The quantitative estimate of drug-likeness (QED) is 0.784. The summed E-state index contributed by atoms with van der Waals surface area (Å²) in [5, 5.41) is 9.52. The molecule has 0 bridgehead atoms. The fourth-order valence-corrected chi connectivity index (χ4v) is 2.36. The van der Waals surface area contributed by atoms with Gasteiger partial charge in [-0.25, -0.2) is 0 Å². The van der Waals surface area contributed by atoms with Gasteiger partial charge in [0.25, 0.3) is 0 Å². The lowest BCUT2D eigenvalue weighted by Gasteiger charge is -2.27. The number of rotatable bonds is 7. The number of aliphatic hydroxyl groups is 1. The molecule has 1 aromatic rings. The number of benzene rings is 1. The SMILES string of the molecule is OCCOC(Oc1ccc(Cl)cc1)OC1CCCCC1. The molecule has 0 aliphatic heterocycles. The van der Waals surface area contributed by atoms with E-state index < -0.39 is 6.48 Å². The molecule has 4 nitrogen and oxygen atoms in total. The van der Waals surface area contributed by atoms with Gasteiger partial charge < -0.3 is 19.3 Å². The molecule has 0 spiro atoms. The van der Waals surface area contributed by atoms with Crippen molar-refractivity contribution >= 4 is 11.6 Å². The summed E-state index contributed by atoms with van der Waals surface area (Å²) >= 11 is 5.84. The molecular weight excluding hydrogens is 280 g/mol. The van der Waals surface area contributed by atoms with Crippen LogP contribution in [0.15, 0.2) is 24.3 Å². The summed E-state index contributed by atoms with van der Waals surface area (Å²) in [5.41, 5.74) is 0. The Hall–Kier alpha value is -0.810. The fraction of sp³-hybridized carbons (Fsp3) is 0.600. The van der Waals surface area contributed by atoms with Crippen LogP contribution in [0, 0.1) is 0 Å². The van der Waals surface area contributed by atoms with Crippen LogP contribution in [0.5, 0.6) is 5.75 Å². The summed E-state index contributed by atoms with van der Waals surface area (Å²) in [6, 6.07) is 7.03. The van der Waals surface area contributed by atoms with Gasteiger partial charge in [-0.15, -0.1) is 0 Å². The molecule has 0 heterocycles. The highest BCUT2D eigenvalue weighted by Gasteiger charge is 2.21. The highest BCUT2D eigenvalue weighted by molar-refractivity contribution is 6.30. The number of hydrogen-bond donors (Lipinski definition) is 1. The Morgan fingerprint density at radius 1 is 1.15 bits per heavy atom. The zero-order valence-electron chi connectivity index (χ0n) is 11.5. The Bertz CT molecular complexity index is 376. The minimum absolute atomic E-state index is 0.0610. The van der Waals surface area contributed by atoms with Gasteiger partial charge >= 0.3 is 6.48 Å². The van der Waals surface area contributed by atoms with Crippen molar-refractivity contribution in [3.63, 3.8) is 0 Å². The van der Waals surface area contributed by atoms with Crippen LogP contribution in [0.2, 0.25) is 5.02 Å². The van der Waals surface area contributed by atoms with Crippen molar-refractivity contribution in [1.29, 1.82) is 0 Å². The van der Waals surface area contributed by atoms with Gasteiger partial charge in [0.15, 0.2) is 0 Å². The topological polar surface area (TPSA) is 47.9 Å². The molecule has 1 fully saturated rings. The lowest BCUT2D eigenvalue weighted by Crippen LogP contribution is -2.31. The van der Waals surface area contributed by atoms with Crippen LogP contribution in [-0.2, 0) is 9.47 Å². The molecule has 1 atom stereocenters. The smallest absolute Gasteiger partial charge is 0.316 e. The Morgan fingerprint density at radius 2 is 1.85 bits per heavy atom. The predicted octanol–water partition coefficient (Wildman–Crippen LogP) is 3.36. The van der Waals surface area contributed by atoms with Crippen LogP contribution in [0.1, 0.15) is 32.1 Å². The van der Waals surface area contributed by atoms with E-state index in [4.69, 9.17) is 30.9 Å². The molecule has 20 heavy (non-hydrogen) atoms. The maximum absolute atomic E-state index is 8.87. The minimum Gasteiger partial charge on any atom is -0.441 e. The highest BCUT2D eigenvalue weighted by atomic mass is 35.5. The summed E-state index contributed by atoms with van der Waals surface area (Å²) in [6.07, 6.45) is 5.85. The summed E-state index contributed by atoms with van der Waals surface area (Å²) in [7, 11) is 0. The maximum Gasteiger partial charge on any atom is 0.316 e. The van der Waals surface area contributed by atoms with Crippen LogP contribution >= 0.6 is 11.6 Å². The van der Waals surface area contributed by atoms with Crippen LogP contribution < -0.4 is 4.74 Å². The zero-order chi connectivity index (χ0) is 14.2. The van der Waals surface area contributed by atoms with E-state index in [0.29, 0.717) is 10.8 Å². The number of halogens is 1. The van der Waals surface area contributed by atoms with E-state index in [2.05, 4.69) is 0 Å². The average Bonchev–Trinajstić information content (AvgIpc) is 2.48. The average molecular weight is 301 g/mol. The molecule has 1 N–H and O–H groups in total. The summed E-state index contributed by atoms with van der Waals surface area (Å²) in [5.74, 6) is 0.633. The molecule has 0 saturated heterocycles. The van der Waals surface area contributed by atoms with Crippen molar-refractivity contribution in [1.82, 2.24) is 0 Å². The van der Waals surface area contributed by atoms with Crippen LogP contribution in [0.4, 0.5) is 0 Å². The van der Waals surface area contributed by atoms with Crippen molar-refractivity contribution in [3.8, 4) is 5.75 Å². The summed E-state index contributed by atoms with van der Waals surface area (Å²) in [4.78, 5) is 0. The van der Waals surface area contributed by atoms with Crippen molar-refractivity contribution in [2.75, 3.05) is 13.2 Å². The van der Waals surface area contributed by atoms with Crippen molar-refractivity contribution in [3.05, 3.63) is 29.3 Å². The van der Waals surface area contributed by atoms with E-state index >= 15 is 0 Å². The van der Waals surface area contributed by atoms with E-state index in [1.807, 2.05) is 0 Å². The van der Waals surface area contributed by atoms with Gasteiger partial charge in [-0.05, 0) is 37.1 Å². The van der Waals surface area contributed by atoms with E-state index in [1.54, 1.807) is 24.3 Å². The maximum atomic E-state index is 8.87. The zero-order valence-corrected chi connectivity index (χ0v) is 12.2. The van der Waals surface area contributed by atoms with Crippen molar-refractivity contribution in [2.24, 2.45) is 0 Å². The van der Waals surface area contributed by atoms with E-state index in [0.717, 1.165) is 12.8 Å². The van der Waals surface area contributed by atoms with Gasteiger partial charge in [0.05, 0.1) is 19.3 Å². The largest absolute Gasteiger partial charge is 0.441 e. The normalized spacial score (nSPS) is 17.9. The van der Waals surface area contributed by atoms with Gasteiger partial charge in [0.1, 0.15) is 5.75 Å². The first-order valence-corrected chi connectivity index (χ1v) is 7.46. The monoisotopic (exact) mass is 300 g/mol. The number of hydrogen-bond acceptors (Lipinski definition) is 4. The lowest BCUT2D eigenvalue weighted by atomic mass is 9.98. The van der Waals surface area contributed by atoms with E-state index in [1.165, 1.54) is 19.3 Å². The molecule has 1 aliphatic rings. The standard InChI is InChI=1S/C15H21ClO4/c16-12-6-8-14(9-7-12)20-15(18-11-10-17)19-13-4-2-1-3-5-13/h6-9,13,15,17H,1-5,10-11H2. The third-order valence-corrected chi connectivity index (χ3v) is 3.50. The molecule has 112 valence electrons. The van der Waals surface area contributed by atoms with Gasteiger partial charge in [-0.1, -0.05) is 30.9 Å².